The highest BCUT2D eigenvalue weighted by molar-refractivity contribution is 5.76. The molecule has 2 N–H and O–H groups in total. The van der Waals surface area contributed by atoms with E-state index in [1.165, 1.54) is 0 Å². The summed E-state index contributed by atoms with van der Waals surface area (Å²) in [5.41, 5.74) is 5.47. The van der Waals surface area contributed by atoms with Crippen LogP contribution in [0.1, 0.15) is 56.8 Å². The number of hydrogen-bond acceptors (Lipinski definition) is 6. The molecule has 0 spiro atoms. The standard InChI is InChI=1S/C16H29N5O2/c1-13(16-18-14(2)19-23-16)20-9-11-21(12-10-20)15(22)7-5-3-4-6-8-17/h13H,3-12,17H2,1-2H3. The normalized spacial score (nSPS) is 17.4. The summed E-state index contributed by atoms with van der Waals surface area (Å²) in [4.78, 5) is 20.8. The van der Waals surface area contributed by atoms with Crippen molar-refractivity contribution in [2.75, 3.05) is 32.7 Å². The van der Waals surface area contributed by atoms with Crippen molar-refractivity contribution < 1.29 is 9.32 Å². The van der Waals surface area contributed by atoms with Crippen LogP contribution in [0.5, 0.6) is 0 Å². The van der Waals surface area contributed by atoms with Gasteiger partial charge in [0.15, 0.2) is 5.82 Å². The summed E-state index contributed by atoms with van der Waals surface area (Å²) >= 11 is 0. The molecule has 1 unspecified atom stereocenters. The number of carbonyl (C=O) groups is 1. The maximum absolute atomic E-state index is 12.2. The minimum atomic E-state index is 0.102. The zero-order valence-electron chi connectivity index (χ0n) is 14.3. The van der Waals surface area contributed by atoms with Crippen molar-refractivity contribution >= 4 is 5.91 Å². The Morgan fingerprint density at radius 1 is 1.22 bits per heavy atom. The lowest BCUT2D eigenvalue weighted by Crippen LogP contribution is -2.49. The van der Waals surface area contributed by atoms with Crippen LogP contribution in [0.2, 0.25) is 0 Å². The number of hydrogen-bond donors (Lipinski definition) is 1. The third kappa shape index (κ3) is 5.28. The van der Waals surface area contributed by atoms with E-state index < -0.39 is 0 Å². The van der Waals surface area contributed by atoms with Gasteiger partial charge in [0.2, 0.25) is 11.8 Å². The first-order valence-electron chi connectivity index (χ1n) is 8.64. The van der Waals surface area contributed by atoms with Crippen molar-refractivity contribution in [1.29, 1.82) is 0 Å². The molecule has 1 aromatic rings. The lowest BCUT2D eigenvalue weighted by Gasteiger charge is -2.36. The molecule has 23 heavy (non-hydrogen) atoms. The first kappa shape index (κ1) is 17.9. The van der Waals surface area contributed by atoms with E-state index in [2.05, 4.69) is 22.0 Å². The Kier molecular flexibility index (Phi) is 6.98. The summed E-state index contributed by atoms with van der Waals surface area (Å²) in [6, 6.07) is 0.102. The van der Waals surface area contributed by atoms with Crippen LogP contribution in [0.25, 0.3) is 0 Å². The van der Waals surface area contributed by atoms with Gasteiger partial charge in [0.1, 0.15) is 0 Å². The largest absolute Gasteiger partial charge is 0.340 e. The fourth-order valence-corrected chi connectivity index (χ4v) is 2.93. The summed E-state index contributed by atoms with van der Waals surface area (Å²) in [5.74, 6) is 1.59. The number of aromatic nitrogens is 2. The zero-order valence-corrected chi connectivity index (χ0v) is 14.3. The van der Waals surface area contributed by atoms with Crippen LogP contribution in [0.4, 0.5) is 0 Å². The number of nitrogens with zero attached hydrogens (tertiary/aromatic N) is 4. The maximum Gasteiger partial charge on any atom is 0.243 e. The minimum Gasteiger partial charge on any atom is -0.340 e. The van der Waals surface area contributed by atoms with Gasteiger partial charge in [-0.1, -0.05) is 18.0 Å². The molecule has 0 radical (unpaired) electrons. The third-order valence-electron chi connectivity index (χ3n) is 4.46. The molecule has 0 aliphatic carbocycles. The van der Waals surface area contributed by atoms with Crippen LogP contribution in [-0.4, -0.2) is 58.6 Å². The summed E-state index contributed by atoms with van der Waals surface area (Å²) < 4.78 is 5.25. The van der Waals surface area contributed by atoms with Crippen LogP contribution >= 0.6 is 0 Å². The second-order valence-corrected chi connectivity index (χ2v) is 6.23. The summed E-state index contributed by atoms with van der Waals surface area (Å²) in [7, 11) is 0. The van der Waals surface area contributed by atoms with Crippen LogP contribution < -0.4 is 5.73 Å². The Morgan fingerprint density at radius 2 is 1.91 bits per heavy atom. The average Bonchev–Trinajstić information content (AvgIpc) is 3.00. The highest BCUT2D eigenvalue weighted by Crippen LogP contribution is 2.20. The van der Waals surface area contributed by atoms with Gasteiger partial charge >= 0.3 is 0 Å². The third-order valence-corrected chi connectivity index (χ3v) is 4.46. The fourth-order valence-electron chi connectivity index (χ4n) is 2.93. The summed E-state index contributed by atoms with van der Waals surface area (Å²) in [6.07, 6.45) is 4.90. The van der Waals surface area contributed by atoms with Gasteiger partial charge in [-0.05, 0) is 33.2 Å². The molecule has 1 aliphatic heterocycles. The molecule has 7 heteroatoms. The van der Waals surface area contributed by atoms with Crippen molar-refractivity contribution in [1.82, 2.24) is 19.9 Å². The minimum absolute atomic E-state index is 0.102. The topological polar surface area (TPSA) is 88.5 Å². The van der Waals surface area contributed by atoms with E-state index >= 15 is 0 Å². The lowest BCUT2D eigenvalue weighted by atomic mass is 10.1. The Morgan fingerprint density at radius 3 is 2.52 bits per heavy atom. The lowest BCUT2D eigenvalue weighted by molar-refractivity contribution is -0.133. The molecule has 130 valence electrons. The number of aryl methyl sites for hydroxylation is 1. The molecule has 7 nitrogen and oxygen atoms in total. The van der Waals surface area contributed by atoms with Crippen LogP contribution in [0.3, 0.4) is 0 Å². The molecule has 1 aliphatic rings. The monoisotopic (exact) mass is 323 g/mol. The average molecular weight is 323 g/mol. The SMILES string of the molecule is Cc1noc(C(C)N2CCN(C(=O)CCCCCCN)CC2)n1. The smallest absolute Gasteiger partial charge is 0.243 e. The van der Waals surface area contributed by atoms with Crippen molar-refractivity contribution in [3.05, 3.63) is 11.7 Å². The fraction of sp³-hybridized carbons (Fsp3) is 0.812. The number of rotatable bonds is 8. The first-order valence-corrected chi connectivity index (χ1v) is 8.64. The molecule has 2 rings (SSSR count). The molecule has 0 aromatic carbocycles. The van der Waals surface area contributed by atoms with Crippen molar-refractivity contribution in [3.63, 3.8) is 0 Å². The van der Waals surface area contributed by atoms with E-state index in [4.69, 9.17) is 10.3 Å². The molecule has 0 saturated carbocycles. The molecular formula is C16H29N5O2. The van der Waals surface area contributed by atoms with E-state index in [1.807, 2.05) is 11.8 Å². The van der Waals surface area contributed by atoms with E-state index in [9.17, 15) is 4.79 Å². The second-order valence-electron chi connectivity index (χ2n) is 6.23. The molecular weight excluding hydrogens is 294 g/mol. The molecule has 1 fully saturated rings. The quantitative estimate of drug-likeness (QED) is 0.729. The number of amides is 1. The van der Waals surface area contributed by atoms with Gasteiger partial charge in [-0.25, -0.2) is 0 Å². The van der Waals surface area contributed by atoms with Gasteiger partial charge in [-0.15, -0.1) is 0 Å². The van der Waals surface area contributed by atoms with Gasteiger partial charge in [-0.2, -0.15) is 4.98 Å². The second kappa shape index (κ2) is 8.98. The molecule has 1 atom stereocenters. The summed E-state index contributed by atoms with van der Waals surface area (Å²) in [5, 5.41) is 3.85. The highest BCUT2D eigenvalue weighted by Gasteiger charge is 2.27. The number of carbonyl (C=O) groups excluding carboxylic acids is 1. The van der Waals surface area contributed by atoms with Gasteiger partial charge in [0, 0.05) is 32.6 Å². The predicted octanol–water partition coefficient (Wildman–Crippen LogP) is 1.49. The molecule has 1 aromatic heterocycles. The number of piperazine rings is 1. The van der Waals surface area contributed by atoms with Crippen molar-refractivity contribution in [3.8, 4) is 0 Å². The number of unbranched alkanes of at least 4 members (excludes halogenated alkanes) is 3. The van der Waals surface area contributed by atoms with Gasteiger partial charge < -0.3 is 15.2 Å². The molecule has 1 amide bonds. The van der Waals surface area contributed by atoms with Crippen LogP contribution in [0, 0.1) is 6.92 Å². The van der Waals surface area contributed by atoms with E-state index in [0.29, 0.717) is 18.1 Å². The van der Waals surface area contributed by atoms with E-state index in [0.717, 1.165) is 58.4 Å². The summed E-state index contributed by atoms with van der Waals surface area (Å²) in [6.45, 7) is 7.89. The van der Waals surface area contributed by atoms with E-state index in [-0.39, 0.29) is 11.9 Å². The Bertz CT molecular complexity index is 483. The van der Waals surface area contributed by atoms with Gasteiger partial charge in [0.25, 0.3) is 0 Å². The highest BCUT2D eigenvalue weighted by atomic mass is 16.5. The van der Waals surface area contributed by atoms with Crippen LogP contribution in [-0.2, 0) is 4.79 Å². The molecule has 1 saturated heterocycles. The first-order chi connectivity index (χ1) is 11.1. The Balaban J connectivity index is 1.69. The van der Waals surface area contributed by atoms with Crippen molar-refractivity contribution in [2.24, 2.45) is 5.73 Å². The predicted molar refractivity (Wildman–Crippen MR) is 87.7 cm³/mol. The zero-order chi connectivity index (χ0) is 16.7. The number of nitrogens with two attached hydrogens (primary N) is 1. The Labute approximate surface area is 138 Å². The van der Waals surface area contributed by atoms with E-state index in [1.54, 1.807) is 0 Å². The molecule has 2 heterocycles. The Hall–Kier alpha value is -1.47. The maximum atomic E-state index is 12.2. The van der Waals surface area contributed by atoms with Crippen LogP contribution in [0.15, 0.2) is 4.52 Å². The van der Waals surface area contributed by atoms with Gasteiger partial charge in [0.05, 0.1) is 6.04 Å². The van der Waals surface area contributed by atoms with Crippen molar-refractivity contribution in [2.45, 2.75) is 52.0 Å². The van der Waals surface area contributed by atoms with Gasteiger partial charge in [-0.3, -0.25) is 9.69 Å². The molecule has 0 bridgehead atoms.